The van der Waals surface area contributed by atoms with Crippen LogP contribution in [-0.4, -0.2) is 37.7 Å². The molecular weight excluding hydrogens is 378 g/mol. The van der Waals surface area contributed by atoms with Gasteiger partial charge >= 0.3 is 0 Å². The number of primary amides is 1. The highest BCUT2D eigenvalue weighted by Crippen LogP contribution is 2.17. The van der Waals surface area contributed by atoms with Gasteiger partial charge in [-0.25, -0.2) is 8.42 Å². The molecule has 2 aromatic carbocycles. The molecule has 0 aromatic heterocycles. The first-order valence-corrected chi connectivity index (χ1v) is 10.3. The molecule has 1 aliphatic rings. The van der Waals surface area contributed by atoms with E-state index in [2.05, 4.69) is 4.72 Å². The fourth-order valence-electron chi connectivity index (χ4n) is 3.02. The Kier molecular flexibility index (Phi) is 5.91. The van der Waals surface area contributed by atoms with Gasteiger partial charge in [0.1, 0.15) is 6.04 Å². The molecular formula is C20H21N3O4S. The first-order valence-electron chi connectivity index (χ1n) is 8.77. The summed E-state index contributed by atoms with van der Waals surface area (Å²) in [6.07, 6.45) is 1.86. The molecule has 3 N–H and O–H groups in total. The summed E-state index contributed by atoms with van der Waals surface area (Å²) in [4.78, 5) is 25.4. The summed E-state index contributed by atoms with van der Waals surface area (Å²) in [5.41, 5.74) is 7.16. The zero-order valence-corrected chi connectivity index (χ0v) is 15.9. The number of hydrogen-bond acceptors (Lipinski definition) is 4. The smallest absolute Gasteiger partial charge is 0.248 e. The number of likely N-dealkylation sites (tertiary alicyclic amines) is 1. The Balaban J connectivity index is 1.63. The highest BCUT2D eigenvalue weighted by molar-refractivity contribution is 7.92. The number of nitrogens with two attached hydrogens (primary N) is 1. The van der Waals surface area contributed by atoms with Gasteiger partial charge in [0.05, 0.1) is 0 Å². The van der Waals surface area contributed by atoms with E-state index in [9.17, 15) is 18.0 Å². The van der Waals surface area contributed by atoms with E-state index in [0.29, 0.717) is 18.5 Å². The lowest BCUT2D eigenvalue weighted by Crippen LogP contribution is -2.40. The van der Waals surface area contributed by atoms with Gasteiger partial charge in [-0.1, -0.05) is 42.5 Å². The molecule has 3 rings (SSSR count). The Hall–Kier alpha value is -2.97. The van der Waals surface area contributed by atoms with Crippen LogP contribution in [0.4, 0.5) is 0 Å². The highest BCUT2D eigenvalue weighted by atomic mass is 32.2. The average Bonchev–Trinajstić information content (AvgIpc) is 3.00. The van der Waals surface area contributed by atoms with Crippen molar-refractivity contribution in [3.05, 3.63) is 76.7 Å². The van der Waals surface area contributed by atoms with E-state index in [0.717, 1.165) is 16.5 Å². The first-order chi connectivity index (χ1) is 13.3. The average molecular weight is 399 g/mol. The molecule has 1 heterocycles. The number of benzene rings is 2. The van der Waals surface area contributed by atoms with E-state index in [4.69, 9.17) is 5.73 Å². The lowest BCUT2D eigenvalue weighted by atomic mass is 10.1. The zero-order chi connectivity index (χ0) is 20.1. The van der Waals surface area contributed by atoms with Gasteiger partial charge in [-0.2, -0.15) is 4.72 Å². The van der Waals surface area contributed by atoms with Gasteiger partial charge in [0.15, 0.2) is 0 Å². The van der Waals surface area contributed by atoms with Crippen LogP contribution in [-0.2, 0) is 21.4 Å². The second kappa shape index (κ2) is 8.37. The number of sulfonamides is 1. The second-order valence-corrected chi connectivity index (χ2v) is 8.14. The number of rotatable bonds is 7. The van der Waals surface area contributed by atoms with E-state index in [1.54, 1.807) is 41.3 Å². The number of nitrogens with zero attached hydrogens (tertiary/aromatic N) is 1. The lowest BCUT2D eigenvalue weighted by molar-refractivity contribution is -0.129. The second-order valence-electron chi connectivity index (χ2n) is 6.54. The minimum Gasteiger partial charge on any atom is -0.366 e. The van der Waals surface area contributed by atoms with Gasteiger partial charge in [-0.3, -0.25) is 9.59 Å². The summed E-state index contributed by atoms with van der Waals surface area (Å²) in [7, 11) is -3.75. The van der Waals surface area contributed by atoms with Crippen molar-refractivity contribution in [2.24, 2.45) is 5.73 Å². The summed E-state index contributed by atoms with van der Waals surface area (Å²) in [5, 5.41) is 1.06. The van der Waals surface area contributed by atoms with E-state index in [1.807, 2.05) is 18.2 Å². The van der Waals surface area contributed by atoms with Crippen LogP contribution < -0.4 is 10.5 Å². The molecule has 7 nitrogen and oxygen atoms in total. The van der Waals surface area contributed by atoms with Gasteiger partial charge in [-0.05, 0) is 35.8 Å². The fraction of sp³-hybridized carbons (Fsp3) is 0.200. The summed E-state index contributed by atoms with van der Waals surface area (Å²) in [6, 6.07) is 15.0. The van der Waals surface area contributed by atoms with Crippen molar-refractivity contribution in [2.75, 3.05) is 6.54 Å². The maximum atomic E-state index is 12.6. The number of carbonyl (C=O) groups excluding carboxylic acids is 2. The Morgan fingerprint density at radius 2 is 1.93 bits per heavy atom. The monoisotopic (exact) mass is 399 g/mol. The lowest BCUT2D eigenvalue weighted by Gasteiger charge is -2.17. The van der Waals surface area contributed by atoms with Gasteiger partial charge in [-0.15, -0.1) is 0 Å². The molecule has 0 aliphatic carbocycles. The minimum atomic E-state index is -3.75. The van der Waals surface area contributed by atoms with Gasteiger partial charge < -0.3 is 10.6 Å². The van der Waals surface area contributed by atoms with Crippen molar-refractivity contribution in [3.63, 3.8) is 0 Å². The maximum absolute atomic E-state index is 12.6. The van der Waals surface area contributed by atoms with Crippen molar-refractivity contribution < 1.29 is 18.0 Å². The number of hydrogen-bond donors (Lipinski definition) is 2. The molecule has 28 heavy (non-hydrogen) atoms. The Morgan fingerprint density at radius 1 is 1.18 bits per heavy atom. The normalized spacial score (nSPS) is 17.4. The largest absolute Gasteiger partial charge is 0.366 e. The van der Waals surface area contributed by atoms with Gasteiger partial charge in [0, 0.05) is 24.1 Å². The minimum absolute atomic E-state index is 0.290. The number of nitrogens with one attached hydrogen (secondary N) is 1. The summed E-state index contributed by atoms with van der Waals surface area (Å²) in [6.45, 7) is 0.716. The Labute approximate surface area is 163 Å². The molecule has 1 fully saturated rings. The maximum Gasteiger partial charge on any atom is 0.248 e. The van der Waals surface area contributed by atoms with Crippen molar-refractivity contribution in [1.82, 2.24) is 9.62 Å². The zero-order valence-electron chi connectivity index (χ0n) is 15.1. The Bertz CT molecular complexity index is 1000. The highest BCUT2D eigenvalue weighted by Gasteiger charge is 2.33. The molecule has 146 valence electrons. The molecule has 1 aliphatic heterocycles. The van der Waals surface area contributed by atoms with E-state index in [1.165, 1.54) is 6.08 Å². The topological polar surface area (TPSA) is 110 Å². The molecule has 0 bridgehead atoms. The Morgan fingerprint density at radius 3 is 2.64 bits per heavy atom. The third-order valence-electron chi connectivity index (χ3n) is 4.43. The van der Waals surface area contributed by atoms with Crippen molar-refractivity contribution in [3.8, 4) is 0 Å². The molecule has 0 radical (unpaired) electrons. The van der Waals surface area contributed by atoms with E-state index in [-0.39, 0.29) is 12.5 Å². The first kappa shape index (κ1) is 19.8. The predicted molar refractivity (Wildman–Crippen MR) is 106 cm³/mol. The molecule has 0 saturated carbocycles. The predicted octanol–water partition coefficient (Wildman–Crippen LogP) is 1.48. The number of amides is 2. The standard InChI is InChI=1S/C20H21N3O4S/c21-19(24)17-8-4-7-16(13-17)14-23-11-9-18(20(23)25)22-28(26,27)12-10-15-5-2-1-3-6-15/h1-8,10,12-13,18,22H,9,11,14H2,(H2,21,24)/t18-/m0/s1. The van der Waals surface area contributed by atoms with Gasteiger partial charge in [0.25, 0.3) is 0 Å². The molecule has 2 amide bonds. The number of carbonyl (C=O) groups is 2. The van der Waals surface area contributed by atoms with Crippen LogP contribution in [0.3, 0.4) is 0 Å². The molecule has 1 atom stereocenters. The van der Waals surface area contributed by atoms with Crippen LogP contribution in [0.2, 0.25) is 0 Å². The van der Waals surface area contributed by atoms with Crippen LogP contribution in [0.15, 0.2) is 60.0 Å². The van der Waals surface area contributed by atoms with Crippen molar-refractivity contribution >= 4 is 27.9 Å². The molecule has 8 heteroatoms. The summed E-state index contributed by atoms with van der Waals surface area (Å²) < 4.78 is 27.0. The molecule has 0 unspecified atom stereocenters. The van der Waals surface area contributed by atoms with Crippen LogP contribution >= 0.6 is 0 Å². The van der Waals surface area contributed by atoms with Gasteiger partial charge in [0.2, 0.25) is 21.8 Å². The van der Waals surface area contributed by atoms with E-state index >= 15 is 0 Å². The fourth-order valence-corrected chi connectivity index (χ4v) is 4.05. The van der Waals surface area contributed by atoms with Crippen LogP contribution in [0, 0.1) is 0 Å². The van der Waals surface area contributed by atoms with Crippen LogP contribution in [0.25, 0.3) is 6.08 Å². The van der Waals surface area contributed by atoms with Crippen molar-refractivity contribution in [2.45, 2.75) is 19.0 Å². The van der Waals surface area contributed by atoms with E-state index < -0.39 is 22.0 Å². The third kappa shape index (κ3) is 5.05. The molecule has 2 aromatic rings. The molecule has 1 saturated heterocycles. The quantitative estimate of drug-likeness (QED) is 0.735. The van der Waals surface area contributed by atoms with Crippen LogP contribution in [0.1, 0.15) is 27.9 Å². The van der Waals surface area contributed by atoms with Crippen molar-refractivity contribution in [1.29, 1.82) is 0 Å². The van der Waals surface area contributed by atoms with Crippen LogP contribution in [0.5, 0.6) is 0 Å². The molecule has 0 spiro atoms. The third-order valence-corrected chi connectivity index (χ3v) is 5.54. The summed E-state index contributed by atoms with van der Waals surface area (Å²) in [5.74, 6) is -0.827. The summed E-state index contributed by atoms with van der Waals surface area (Å²) >= 11 is 0. The SMILES string of the molecule is NC(=O)c1cccc(CN2CC[C@H](NS(=O)(=O)C=Cc3ccccc3)C2=O)c1.